The molecule has 6 nitrogen and oxygen atoms in total. The molecule has 0 aliphatic carbocycles. The molecule has 0 bridgehead atoms. The van der Waals surface area contributed by atoms with Gasteiger partial charge in [-0.2, -0.15) is 5.10 Å². The average molecular weight is 303 g/mol. The van der Waals surface area contributed by atoms with Crippen molar-refractivity contribution in [1.29, 1.82) is 0 Å². The Hall–Kier alpha value is -1.85. The van der Waals surface area contributed by atoms with Gasteiger partial charge in [-0.25, -0.2) is 4.98 Å². The lowest BCUT2D eigenvalue weighted by Gasteiger charge is -2.26. The molecule has 2 aromatic heterocycles. The number of nitrogens with zero attached hydrogens (tertiary/aromatic N) is 5. The van der Waals surface area contributed by atoms with E-state index in [1.54, 1.807) is 4.68 Å². The van der Waals surface area contributed by atoms with Crippen molar-refractivity contribution in [2.75, 3.05) is 18.0 Å². The summed E-state index contributed by atoms with van der Waals surface area (Å²) in [5.41, 5.74) is 2.18. The Kier molecular flexibility index (Phi) is 3.93. The van der Waals surface area contributed by atoms with Gasteiger partial charge in [0.05, 0.1) is 5.69 Å². The van der Waals surface area contributed by atoms with E-state index in [0.717, 1.165) is 43.1 Å². The Labute approximate surface area is 130 Å². The summed E-state index contributed by atoms with van der Waals surface area (Å²) in [5, 5.41) is 4.38. The molecule has 1 aliphatic rings. The Bertz CT molecular complexity index is 735. The predicted octanol–water partition coefficient (Wildman–Crippen LogP) is 2.40. The first-order chi connectivity index (χ1) is 10.5. The number of aromatic nitrogens is 4. The van der Waals surface area contributed by atoms with Crippen LogP contribution in [0.2, 0.25) is 0 Å². The van der Waals surface area contributed by atoms with Crippen LogP contribution in [0.5, 0.6) is 0 Å². The van der Waals surface area contributed by atoms with Crippen LogP contribution < -0.4 is 10.5 Å². The van der Waals surface area contributed by atoms with E-state index in [0.29, 0.717) is 5.52 Å². The van der Waals surface area contributed by atoms with Gasteiger partial charge in [0.2, 0.25) is 5.95 Å². The highest BCUT2D eigenvalue weighted by atomic mass is 16.1. The maximum absolute atomic E-state index is 13.0. The summed E-state index contributed by atoms with van der Waals surface area (Å²) in [7, 11) is 1.81. The lowest BCUT2D eigenvalue weighted by molar-refractivity contribution is 0.556. The van der Waals surface area contributed by atoms with Crippen molar-refractivity contribution in [3.05, 3.63) is 16.0 Å². The molecule has 120 valence electrons. The first kappa shape index (κ1) is 15.1. The molecule has 0 saturated carbocycles. The monoisotopic (exact) mass is 303 g/mol. The standard InChI is InChI=1S/C16H25N5O/c1-11(2)21-15(22)14-13(12(3)18-19(14)4)17-16(21)20-9-7-5-6-8-10-20/h11H,5-10H2,1-4H3. The second-order valence-corrected chi connectivity index (χ2v) is 6.49. The van der Waals surface area contributed by atoms with Crippen molar-refractivity contribution in [2.24, 2.45) is 7.05 Å². The highest BCUT2D eigenvalue weighted by molar-refractivity contribution is 5.77. The molecule has 0 N–H and O–H groups in total. The summed E-state index contributed by atoms with van der Waals surface area (Å²) in [6, 6.07) is 0.0814. The predicted molar refractivity (Wildman–Crippen MR) is 88.6 cm³/mol. The molecule has 22 heavy (non-hydrogen) atoms. The van der Waals surface area contributed by atoms with E-state index in [-0.39, 0.29) is 11.6 Å². The van der Waals surface area contributed by atoms with Gasteiger partial charge in [0.1, 0.15) is 5.52 Å². The van der Waals surface area contributed by atoms with Crippen molar-refractivity contribution in [3.8, 4) is 0 Å². The van der Waals surface area contributed by atoms with E-state index in [1.807, 2.05) is 32.4 Å². The first-order valence-corrected chi connectivity index (χ1v) is 8.21. The topological polar surface area (TPSA) is 56.0 Å². The van der Waals surface area contributed by atoms with E-state index < -0.39 is 0 Å². The van der Waals surface area contributed by atoms with Crippen molar-refractivity contribution in [2.45, 2.75) is 52.5 Å². The van der Waals surface area contributed by atoms with Gasteiger partial charge in [-0.1, -0.05) is 12.8 Å². The van der Waals surface area contributed by atoms with Gasteiger partial charge in [-0.15, -0.1) is 0 Å². The van der Waals surface area contributed by atoms with Gasteiger partial charge in [-0.05, 0) is 33.6 Å². The van der Waals surface area contributed by atoms with Crippen LogP contribution in [-0.2, 0) is 7.05 Å². The maximum Gasteiger partial charge on any atom is 0.281 e. The number of hydrogen-bond donors (Lipinski definition) is 0. The number of aryl methyl sites for hydroxylation is 2. The van der Waals surface area contributed by atoms with Crippen molar-refractivity contribution >= 4 is 17.0 Å². The van der Waals surface area contributed by atoms with E-state index >= 15 is 0 Å². The molecular weight excluding hydrogens is 278 g/mol. The number of anilines is 1. The minimum atomic E-state index is 0.0161. The second kappa shape index (κ2) is 5.74. The van der Waals surface area contributed by atoms with Crippen LogP contribution in [0.1, 0.15) is 51.3 Å². The van der Waals surface area contributed by atoms with Crippen molar-refractivity contribution in [3.63, 3.8) is 0 Å². The number of rotatable bonds is 2. The molecule has 3 heterocycles. The minimum absolute atomic E-state index is 0.0161. The normalized spacial score (nSPS) is 16.5. The fourth-order valence-electron chi connectivity index (χ4n) is 3.34. The van der Waals surface area contributed by atoms with Crippen LogP contribution in [0.15, 0.2) is 4.79 Å². The quantitative estimate of drug-likeness (QED) is 0.855. The minimum Gasteiger partial charge on any atom is -0.342 e. The molecule has 0 spiro atoms. The molecule has 1 aliphatic heterocycles. The summed E-state index contributed by atoms with van der Waals surface area (Å²) in [6.07, 6.45) is 4.85. The van der Waals surface area contributed by atoms with Crippen LogP contribution >= 0.6 is 0 Å². The van der Waals surface area contributed by atoms with Gasteiger partial charge >= 0.3 is 0 Å². The van der Waals surface area contributed by atoms with E-state index in [2.05, 4.69) is 10.00 Å². The summed E-state index contributed by atoms with van der Waals surface area (Å²) in [6.45, 7) is 7.95. The van der Waals surface area contributed by atoms with Gasteiger partial charge in [-0.3, -0.25) is 14.0 Å². The van der Waals surface area contributed by atoms with Crippen LogP contribution in [0.25, 0.3) is 11.0 Å². The summed E-state index contributed by atoms with van der Waals surface area (Å²) < 4.78 is 3.49. The van der Waals surface area contributed by atoms with Crippen molar-refractivity contribution < 1.29 is 0 Å². The molecular formula is C16H25N5O. The van der Waals surface area contributed by atoms with Gasteiger partial charge in [0.15, 0.2) is 5.52 Å². The van der Waals surface area contributed by atoms with E-state index in [9.17, 15) is 4.79 Å². The molecule has 1 saturated heterocycles. The van der Waals surface area contributed by atoms with Crippen LogP contribution in [0.3, 0.4) is 0 Å². The Morgan fingerprint density at radius 3 is 2.32 bits per heavy atom. The third-order valence-electron chi connectivity index (χ3n) is 4.44. The third-order valence-corrected chi connectivity index (χ3v) is 4.44. The lowest BCUT2D eigenvalue weighted by Crippen LogP contribution is -2.35. The van der Waals surface area contributed by atoms with Gasteiger partial charge in [0.25, 0.3) is 5.56 Å². The Balaban J connectivity index is 2.25. The molecule has 3 rings (SSSR count). The van der Waals surface area contributed by atoms with Crippen LogP contribution in [-0.4, -0.2) is 32.4 Å². The van der Waals surface area contributed by atoms with Crippen molar-refractivity contribution in [1.82, 2.24) is 19.3 Å². The van der Waals surface area contributed by atoms with E-state index in [1.165, 1.54) is 12.8 Å². The third kappa shape index (κ3) is 2.40. The van der Waals surface area contributed by atoms with Crippen LogP contribution in [0, 0.1) is 6.92 Å². The SMILES string of the molecule is Cc1nn(C)c2c(=O)n(C(C)C)c(N3CCCCCC3)nc12. The fraction of sp³-hybridized carbons (Fsp3) is 0.688. The van der Waals surface area contributed by atoms with Gasteiger partial charge in [0, 0.05) is 26.2 Å². The zero-order valence-electron chi connectivity index (χ0n) is 14.0. The smallest absolute Gasteiger partial charge is 0.281 e. The molecule has 2 aromatic rings. The highest BCUT2D eigenvalue weighted by Gasteiger charge is 2.22. The first-order valence-electron chi connectivity index (χ1n) is 8.21. The Morgan fingerprint density at radius 2 is 1.73 bits per heavy atom. The zero-order valence-corrected chi connectivity index (χ0v) is 14.0. The maximum atomic E-state index is 13.0. The summed E-state index contributed by atoms with van der Waals surface area (Å²) >= 11 is 0. The second-order valence-electron chi connectivity index (χ2n) is 6.49. The summed E-state index contributed by atoms with van der Waals surface area (Å²) in [4.78, 5) is 20.1. The molecule has 0 unspecified atom stereocenters. The largest absolute Gasteiger partial charge is 0.342 e. The van der Waals surface area contributed by atoms with E-state index in [4.69, 9.17) is 4.98 Å². The highest BCUT2D eigenvalue weighted by Crippen LogP contribution is 2.23. The number of fused-ring (bicyclic) bond motifs is 1. The Morgan fingerprint density at radius 1 is 1.09 bits per heavy atom. The van der Waals surface area contributed by atoms with Gasteiger partial charge < -0.3 is 4.90 Å². The lowest BCUT2D eigenvalue weighted by atomic mass is 10.2. The molecule has 1 fully saturated rings. The molecule has 0 atom stereocenters. The average Bonchev–Trinajstić information content (AvgIpc) is 2.67. The fourth-order valence-corrected chi connectivity index (χ4v) is 3.34. The molecule has 0 radical (unpaired) electrons. The molecule has 0 aromatic carbocycles. The molecule has 0 amide bonds. The number of hydrogen-bond acceptors (Lipinski definition) is 4. The van der Waals surface area contributed by atoms with Crippen LogP contribution in [0.4, 0.5) is 5.95 Å². The zero-order chi connectivity index (χ0) is 15.9. The summed E-state index contributed by atoms with van der Waals surface area (Å²) in [5.74, 6) is 0.811. The molecule has 6 heteroatoms.